The number of halogens is 1. The normalized spacial score (nSPS) is 11.0. The molecule has 0 aliphatic rings. The highest BCUT2D eigenvalue weighted by Gasteiger charge is 2.11. The van der Waals surface area contributed by atoms with E-state index in [0.29, 0.717) is 16.7 Å². The zero-order valence-corrected chi connectivity index (χ0v) is 14.8. The molecule has 1 aromatic heterocycles. The molecule has 6 nitrogen and oxygen atoms in total. The van der Waals surface area contributed by atoms with E-state index >= 15 is 0 Å². The van der Waals surface area contributed by atoms with E-state index in [-0.39, 0.29) is 11.1 Å². The fraction of sp³-hybridized carbons (Fsp3) is 0. The molecule has 2 aromatic carbocycles. The number of hydrogen-bond donors (Lipinski definition) is 2. The number of carboxylic acid groups (broad SMARTS) is 1. The van der Waals surface area contributed by atoms with E-state index in [9.17, 15) is 14.4 Å². The Bertz CT molecular complexity index is 1100. The highest BCUT2D eigenvalue weighted by Crippen LogP contribution is 2.19. The topological polar surface area (TPSA) is 96.6 Å². The second kappa shape index (κ2) is 7.37. The number of anilines is 1. The second-order valence-corrected chi connectivity index (χ2v) is 6.27. The minimum Gasteiger partial charge on any atom is -0.478 e. The van der Waals surface area contributed by atoms with E-state index in [1.165, 1.54) is 30.5 Å². The summed E-state index contributed by atoms with van der Waals surface area (Å²) < 4.78 is 5.96. The van der Waals surface area contributed by atoms with Crippen molar-refractivity contribution in [2.75, 3.05) is 5.32 Å². The average molecular weight is 414 g/mol. The molecule has 130 valence electrons. The van der Waals surface area contributed by atoms with Gasteiger partial charge in [0.05, 0.1) is 5.56 Å². The summed E-state index contributed by atoms with van der Waals surface area (Å²) in [5.74, 6) is -1.57. The fourth-order valence-electron chi connectivity index (χ4n) is 2.31. The molecular formula is C19H12BrNO5. The molecule has 0 unspecified atom stereocenters. The first-order chi connectivity index (χ1) is 12.4. The lowest BCUT2D eigenvalue weighted by Crippen LogP contribution is -2.12. The van der Waals surface area contributed by atoms with Gasteiger partial charge < -0.3 is 14.8 Å². The first-order valence-corrected chi connectivity index (χ1v) is 8.27. The van der Waals surface area contributed by atoms with Crippen molar-refractivity contribution in [1.82, 2.24) is 0 Å². The number of fused-ring (bicyclic) bond motifs is 1. The van der Waals surface area contributed by atoms with E-state index < -0.39 is 17.4 Å². The maximum Gasteiger partial charge on any atom is 0.347 e. The highest BCUT2D eigenvalue weighted by molar-refractivity contribution is 9.10. The zero-order chi connectivity index (χ0) is 18.7. The number of rotatable bonds is 5. The Morgan fingerprint density at radius 1 is 1.12 bits per heavy atom. The van der Waals surface area contributed by atoms with Crippen LogP contribution in [0, 0.1) is 0 Å². The van der Waals surface area contributed by atoms with Crippen LogP contribution >= 0.6 is 15.9 Å². The molecule has 0 saturated carbocycles. The van der Waals surface area contributed by atoms with Gasteiger partial charge in [-0.25, -0.2) is 9.59 Å². The lowest BCUT2D eigenvalue weighted by Gasteiger charge is -2.02. The molecule has 1 heterocycles. The van der Waals surface area contributed by atoms with Crippen LogP contribution in [0.2, 0.25) is 0 Å². The van der Waals surface area contributed by atoms with Gasteiger partial charge in [-0.2, -0.15) is 0 Å². The van der Waals surface area contributed by atoms with Gasteiger partial charge in [-0.3, -0.25) is 4.79 Å². The summed E-state index contributed by atoms with van der Waals surface area (Å²) >= 11 is 3.33. The van der Waals surface area contributed by atoms with Gasteiger partial charge in [-0.05, 0) is 42.5 Å². The smallest absolute Gasteiger partial charge is 0.347 e. The molecule has 26 heavy (non-hydrogen) atoms. The summed E-state index contributed by atoms with van der Waals surface area (Å²) in [7, 11) is 0. The number of carbonyl (C=O) groups is 2. The van der Waals surface area contributed by atoms with Crippen molar-refractivity contribution in [2.24, 2.45) is 0 Å². The summed E-state index contributed by atoms with van der Waals surface area (Å²) in [5, 5.41) is 12.4. The number of allylic oxidation sites excluding steroid dienone is 1. The molecule has 0 aliphatic carbocycles. The minimum absolute atomic E-state index is 0.0899. The standard InChI is InChI=1S/C19H12BrNO5/c20-13-4-5-17-12(8-13)10-15(19(25)26-17)16(22)6-7-21-14-3-1-2-11(9-14)18(23)24/h1-10,21H,(H,23,24)/b7-6+. The quantitative estimate of drug-likeness (QED) is 0.371. The van der Waals surface area contributed by atoms with Crippen LogP contribution in [0.4, 0.5) is 5.69 Å². The third-order valence-corrected chi connectivity index (χ3v) is 4.05. The molecule has 2 N–H and O–H groups in total. The summed E-state index contributed by atoms with van der Waals surface area (Å²) in [6.45, 7) is 0. The molecular weight excluding hydrogens is 402 g/mol. The third kappa shape index (κ3) is 3.89. The van der Waals surface area contributed by atoms with E-state index in [1.54, 1.807) is 30.3 Å². The van der Waals surface area contributed by atoms with Crippen LogP contribution in [0.3, 0.4) is 0 Å². The van der Waals surface area contributed by atoms with Crippen molar-refractivity contribution in [2.45, 2.75) is 0 Å². The number of benzene rings is 2. The van der Waals surface area contributed by atoms with E-state index in [2.05, 4.69) is 21.2 Å². The molecule has 0 atom stereocenters. The molecule has 0 radical (unpaired) electrons. The Kier molecular flexibility index (Phi) is 4.99. The number of nitrogens with one attached hydrogen (secondary N) is 1. The highest BCUT2D eigenvalue weighted by atomic mass is 79.9. The first kappa shape index (κ1) is 17.6. The summed E-state index contributed by atoms with van der Waals surface area (Å²) in [5.41, 5.74) is 0.205. The van der Waals surface area contributed by atoms with Crippen LogP contribution < -0.4 is 10.9 Å². The number of carboxylic acids is 1. The predicted octanol–water partition coefficient (Wildman–Crippen LogP) is 4.06. The van der Waals surface area contributed by atoms with E-state index in [0.717, 1.165) is 4.47 Å². The molecule has 0 fully saturated rings. The Hall–Kier alpha value is -3.19. The van der Waals surface area contributed by atoms with Crippen LogP contribution in [-0.4, -0.2) is 16.9 Å². The van der Waals surface area contributed by atoms with Crippen molar-refractivity contribution >= 4 is 44.3 Å². The molecule has 3 aromatic rings. The van der Waals surface area contributed by atoms with Crippen molar-refractivity contribution in [1.29, 1.82) is 0 Å². The SMILES string of the molecule is O=C(O)c1cccc(N/C=C/C(=O)c2cc3cc(Br)ccc3oc2=O)c1. The molecule has 3 rings (SSSR count). The molecule has 0 aliphatic heterocycles. The lowest BCUT2D eigenvalue weighted by atomic mass is 10.1. The number of ketones is 1. The predicted molar refractivity (Wildman–Crippen MR) is 101 cm³/mol. The van der Waals surface area contributed by atoms with Gasteiger partial charge in [0, 0.05) is 27.8 Å². The van der Waals surface area contributed by atoms with Crippen molar-refractivity contribution in [3.8, 4) is 0 Å². The first-order valence-electron chi connectivity index (χ1n) is 7.48. The van der Waals surface area contributed by atoms with E-state index in [1.807, 2.05) is 0 Å². The van der Waals surface area contributed by atoms with Gasteiger partial charge in [0.1, 0.15) is 11.1 Å². The fourth-order valence-corrected chi connectivity index (χ4v) is 2.69. The minimum atomic E-state index is -1.05. The van der Waals surface area contributed by atoms with E-state index in [4.69, 9.17) is 9.52 Å². The molecule has 0 saturated heterocycles. The van der Waals surface area contributed by atoms with Crippen LogP contribution in [0.15, 0.2) is 74.5 Å². The van der Waals surface area contributed by atoms with Gasteiger partial charge >= 0.3 is 11.6 Å². The van der Waals surface area contributed by atoms with Crippen LogP contribution in [0.25, 0.3) is 11.0 Å². The molecule has 0 spiro atoms. The zero-order valence-electron chi connectivity index (χ0n) is 13.2. The van der Waals surface area contributed by atoms with Crippen molar-refractivity contribution < 1.29 is 19.1 Å². The van der Waals surface area contributed by atoms with Crippen LogP contribution in [0.1, 0.15) is 20.7 Å². The van der Waals surface area contributed by atoms with Crippen LogP contribution in [0.5, 0.6) is 0 Å². The molecule has 7 heteroatoms. The summed E-state index contributed by atoms with van der Waals surface area (Å²) in [4.78, 5) is 35.2. The molecule has 0 bridgehead atoms. The lowest BCUT2D eigenvalue weighted by molar-refractivity contribution is 0.0696. The van der Waals surface area contributed by atoms with Crippen molar-refractivity contribution in [3.05, 3.63) is 86.8 Å². The summed E-state index contributed by atoms with van der Waals surface area (Å²) in [6.07, 6.45) is 2.53. The van der Waals surface area contributed by atoms with Gasteiger partial charge in [0.15, 0.2) is 5.78 Å². The monoisotopic (exact) mass is 413 g/mol. The Labute approximate surface area is 155 Å². The number of carbonyl (C=O) groups excluding carboxylic acids is 1. The maximum absolute atomic E-state index is 12.3. The Morgan fingerprint density at radius 3 is 2.69 bits per heavy atom. The Balaban J connectivity index is 1.81. The number of hydrogen-bond acceptors (Lipinski definition) is 5. The van der Waals surface area contributed by atoms with Gasteiger partial charge in [0.25, 0.3) is 0 Å². The number of aromatic carboxylic acids is 1. The largest absolute Gasteiger partial charge is 0.478 e. The average Bonchev–Trinajstić information content (AvgIpc) is 2.61. The van der Waals surface area contributed by atoms with Gasteiger partial charge in [-0.1, -0.05) is 22.0 Å². The second-order valence-electron chi connectivity index (χ2n) is 5.36. The summed E-state index contributed by atoms with van der Waals surface area (Å²) in [6, 6.07) is 12.7. The van der Waals surface area contributed by atoms with Gasteiger partial charge in [0.2, 0.25) is 0 Å². The maximum atomic E-state index is 12.3. The van der Waals surface area contributed by atoms with Gasteiger partial charge in [-0.15, -0.1) is 0 Å². The third-order valence-electron chi connectivity index (χ3n) is 3.55. The Morgan fingerprint density at radius 2 is 1.92 bits per heavy atom. The van der Waals surface area contributed by atoms with Crippen LogP contribution in [-0.2, 0) is 0 Å². The van der Waals surface area contributed by atoms with Crippen molar-refractivity contribution in [3.63, 3.8) is 0 Å². The molecule has 0 amide bonds.